The van der Waals surface area contributed by atoms with Crippen molar-refractivity contribution in [3.8, 4) is 5.75 Å². The molecule has 0 amide bonds. The zero-order valence-corrected chi connectivity index (χ0v) is 12.1. The smallest absolute Gasteiger partial charge is 0.122 e. The normalized spacial score (nSPS) is 11.6. The third-order valence-corrected chi connectivity index (χ3v) is 3.32. The van der Waals surface area contributed by atoms with Gasteiger partial charge in [-0.3, -0.25) is 0 Å². The molecule has 96 valence electrons. The highest BCUT2D eigenvalue weighted by molar-refractivity contribution is 6.17. The van der Waals surface area contributed by atoms with E-state index < -0.39 is 0 Å². The summed E-state index contributed by atoms with van der Waals surface area (Å²) in [6.45, 7) is 9.51. The van der Waals surface area contributed by atoms with Gasteiger partial charge >= 0.3 is 0 Å². The molecule has 0 bridgehead atoms. The minimum atomic E-state index is 0.0655. The van der Waals surface area contributed by atoms with Crippen LogP contribution in [0.1, 0.15) is 30.5 Å². The van der Waals surface area contributed by atoms with E-state index in [9.17, 15) is 0 Å². The van der Waals surface area contributed by atoms with Crippen LogP contribution in [0.2, 0.25) is 0 Å². The van der Waals surface area contributed by atoms with Crippen LogP contribution < -0.4 is 10.1 Å². The second kappa shape index (κ2) is 5.74. The minimum Gasteiger partial charge on any atom is -0.496 e. The fourth-order valence-electron chi connectivity index (χ4n) is 2.19. The van der Waals surface area contributed by atoms with E-state index in [1.165, 1.54) is 16.7 Å². The van der Waals surface area contributed by atoms with Crippen LogP contribution in [0.25, 0.3) is 0 Å². The number of rotatable bonds is 5. The number of alkyl halides is 1. The summed E-state index contributed by atoms with van der Waals surface area (Å²) in [7, 11) is 1.71. The molecule has 17 heavy (non-hydrogen) atoms. The van der Waals surface area contributed by atoms with E-state index in [0.29, 0.717) is 6.00 Å². The molecule has 0 atom stereocenters. The van der Waals surface area contributed by atoms with E-state index >= 15 is 0 Å². The predicted octanol–water partition coefficient (Wildman–Crippen LogP) is 3.38. The number of nitrogens with one attached hydrogen (secondary N) is 1. The van der Waals surface area contributed by atoms with Crippen molar-refractivity contribution in [1.29, 1.82) is 0 Å². The predicted molar refractivity (Wildman–Crippen MR) is 74.2 cm³/mol. The van der Waals surface area contributed by atoms with E-state index in [2.05, 4.69) is 45.1 Å². The first-order valence-electron chi connectivity index (χ1n) is 5.84. The highest BCUT2D eigenvalue weighted by Crippen LogP contribution is 2.31. The number of halogens is 1. The van der Waals surface area contributed by atoms with Gasteiger partial charge in [0.15, 0.2) is 0 Å². The molecule has 0 saturated carbocycles. The molecule has 0 radical (unpaired) electrons. The molecule has 1 N–H and O–H groups in total. The summed E-state index contributed by atoms with van der Waals surface area (Å²) in [5.74, 6) is 0.951. The van der Waals surface area contributed by atoms with Crippen LogP contribution in [-0.4, -0.2) is 19.7 Å². The molecule has 1 rings (SSSR count). The molecule has 0 aliphatic heterocycles. The first kappa shape index (κ1) is 14.3. The fourth-order valence-corrected chi connectivity index (χ4v) is 2.29. The van der Waals surface area contributed by atoms with Crippen LogP contribution in [0.4, 0.5) is 0 Å². The average Bonchev–Trinajstić information content (AvgIpc) is 2.28. The third-order valence-electron chi connectivity index (χ3n) is 3.13. The maximum absolute atomic E-state index is 5.68. The van der Waals surface area contributed by atoms with Gasteiger partial charge in [0, 0.05) is 12.0 Å². The van der Waals surface area contributed by atoms with Crippen LogP contribution >= 0.6 is 11.6 Å². The standard InChI is InChI=1S/C14H22ClNO/c1-10-7-13(17-5)11(2)6-12(10)14(3,4)8-16-9-15/h6-7,16H,8-9H2,1-5H3. The number of benzene rings is 1. The molecule has 0 heterocycles. The molecule has 0 spiro atoms. The molecule has 0 aliphatic carbocycles. The minimum absolute atomic E-state index is 0.0655. The Morgan fingerprint density at radius 3 is 2.41 bits per heavy atom. The van der Waals surface area contributed by atoms with Gasteiger partial charge in [-0.25, -0.2) is 0 Å². The summed E-state index contributed by atoms with van der Waals surface area (Å²) < 4.78 is 5.34. The lowest BCUT2D eigenvalue weighted by atomic mass is 9.81. The Balaban J connectivity index is 3.09. The summed E-state index contributed by atoms with van der Waals surface area (Å²) in [6.07, 6.45) is 0. The molecule has 0 unspecified atom stereocenters. The van der Waals surface area contributed by atoms with Gasteiger partial charge in [0.2, 0.25) is 0 Å². The molecule has 3 heteroatoms. The van der Waals surface area contributed by atoms with Crippen LogP contribution in [0.15, 0.2) is 12.1 Å². The van der Waals surface area contributed by atoms with Crippen molar-refractivity contribution in [2.24, 2.45) is 0 Å². The number of hydrogen-bond donors (Lipinski definition) is 1. The maximum atomic E-state index is 5.68. The topological polar surface area (TPSA) is 21.3 Å². The van der Waals surface area contributed by atoms with E-state index in [-0.39, 0.29) is 5.41 Å². The SMILES string of the molecule is COc1cc(C)c(C(C)(C)CNCCl)cc1C. The number of methoxy groups -OCH3 is 1. The zero-order chi connectivity index (χ0) is 13.1. The van der Waals surface area contributed by atoms with Gasteiger partial charge in [0.25, 0.3) is 0 Å². The van der Waals surface area contributed by atoms with E-state index in [1.54, 1.807) is 7.11 Å². The Morgan fingerprint density at radius 2 is 1.88 bits per heavy atom. The van der Waals surface area contributed by atoms with E-state index in [4.69, 9.17) is 16.3 Å². The first-order chi connectivity index (χ1) is 7.92. The average molecular weight is 256 g/mol. The van der Waals surface area contributed by atoms with Gasteiger partial charge in [-0.05, 0) is 36.6 Å². The van der Waals surface area contributed by atoms with E-state index in [1.807, 2.05) is 0 Å². The monoisotopic (exact) mass is 255 g/mol. The summed E-state index contributed by atoms with van der Waals surface area (Å²) in [4.78, 5) is 0. The Morgan fingerprint density at radius 1 is 1.24 bits per heavy atom. The molecular weight excluding hydrogens is 234 g/mol. The Hall–Kier alpha value is -0.730. The van der Waals surface area contributed by atoms with Crippen molar-refractivity contribution in [3.63, 3.8) is 0 Å². The van der Waals surface area contributed by atoms with Crippen LogP contribution in [-0.2, 0) is 5.41 Å². The molecule has 0 fully saturated rings. The Kier molecular flexibility index (Phi) is 4.84. The van der Waals surface area contributed by atoms with Gasteiger partial charge in [0.1, 0.15) is 5.75 Å². The first-order valence-corrected chi connectivity index (χ1v) is 6.38. The van der Waals surface area contributed by atoms with Crippen LogP contribution in [0.3, 0.4) is 0 Å². The molecule has 0 aromatic heterocycles. The zero-order valence-electron chi connectivity index (χ0n) is 11.4. The quantitative estimate of drug-likeness (QED) is 0.643. The molecule has 1 aromatic carbocycles. The maximum Gasteiger partial charge on any atom is 0.122 e. The summed E-state index contributed by atoms with van der Waals surface area (Å²) in [5, 5.41) is 3.20. The molecule has 0 saturated heterocycles. The van der Waals surface area contributed by atoms with Crippen molar-refractivity contribution >= 4 is 11.6 Å². The number of aryl methyl sites for hydroxylation is 2. The Bertz CT molecular complexity index is 388. The lowest BCUT2D eigenvalue weighted by Gasteiger charge is -2.28. The third kappa shape index (κ3) is 3.36. The fraction of sp³-hybridized carbons (Fsp3) is 0.571. The second-order valence-electron chi connectivity index (χ2n) is 5.08. The lowest BCUT2D eigenvalue weighted by Crippen LogP contribution is -2.33. The van der Waals surface area contributed by atoms with Crippen molar-refractivity contribution in [1.82, 2.24) is 5.32 Å². The van der Waals surface area contributed by atoms with Crippen LogP contribution in [0, 0.1) is 13.8 Å². The molecular formula is C14H22ClNO. The van der Waals surface area contributed by atoms with E-state index in [0.717, 1.165) is 12.3 Å². The van der Waals surface area contributed by atoms with Gasteiger partial charge in [0.05, 0.1) is 13.1 Å². The van der Waals surface area contributed by atoms with Gasteiger partial charge in [-0.1, -0.05) is 19.9 Å². The molecule has 2 nitrogen and oxygen atoms in total. The van der Waals surface area contributed by atoms with Gasteiger partial charge in [-0.15, -0.1) is 11.6 Å². The second-order valence-corrected chi connectivity index (χ2v) is 5.35. The van der Waals surface area contributed by atoms with Crippen LogP contribution in [0.5, 0.6) is 5.75 Å². The molecule has 0 aliphatic rings. The van der Waals surface area contributed by atoms with Gasteiger partial charge in [-0.2, -0.15) is 0 Å². The molecule has 1 aromatic rings. The Labute approximate surface area is 109 Å². The number of hydrogen-bond acceptors (Lipinski definition) is 2. The summed E-state index contributed by atoms with van der Waals surface area (Å²) >= 11 is 5.68. The summed E-state index contributed by atoms with van der Waals surface area (Å²) in [5.41, 5.74) is 3.84. The lowest BCUT2D eigenvalue weighted by molar-refractivity contribution is 0.410. The largest absolute Gasteiger partial charge is 0.496 e. The highest BCUT2D eigenvalue weighted by atomic mass is 35.5. The van der Waals surface area contributed by atoms with Gasteiger partial charge < -0.3 is 10.1 Å². The van der Waals surface area contributed by atoms with Crippen molar-refractivity contribution in [2.45, 2.75) is 33.1 Å². The number of ether oxygens (including phenoxy) is 1. The van der Waals surface area contributed by atoms with Crippen molar-refractivity contribution < 1.29 is 4.74 Å². The summed E-state index contributed by atoms with van der Waals surface area (Å²) in [6, 6.07) is 4.80. The van der Waals surface area contributed by atoms with Crippen molar-refractivity contribution in [3.05, 3.63) is 28.8 Å². The highest BCUT2D eigenvalue weighted by Gasteiger charge is 2.23. The van der Waals surface area contributed by atoms with Crippen molar-refractivity contribution in [2.75, 3.05) is 19.7 Å².